The summed E-state index contributed by atoms with van der Waals surface area (Å²) in [5, 5.41) is 20.1. The number of aryl methyl sites for hydroxylation is 1. The van der Waals surface area contributed by atoms with E-state index in [1.807, 2.05) is 6.07 Å². The van der Waals surface area contributed by atoms with Crippen LogP contribution in [0.2, 0.25) is 0 Å². The third-order valence-corrected chi connectivity index (χ3v) is 2.44. The number of hydrogen-bond donors (Lipinski definition) is 0. The van der Waals surface area contributed by atoms with E-state index in [9.17, 15) is 10.1 Å². The molecular formula is C11H7N3O2. The first-order valence-corrected chi connectivity index (χ1v) is 4.57. The summed E-state index contributed by atoms with van der Waals surface area (Å²) >= 11 is 0. The highest BCUT2D eigenvalue weighted by molar-refractivity contribution is 5.85. The number of benzene rings is 1. The Bertz CT molecular complexity index is 629. The topological polar surface area (TPSA) is 79.8 Å². The second kappa shape index (κ2) is 3.59. The van der Waals surface area contributed by atoms with Crippen LogP contribution in [0.3, 0.4) is 0 Å². The molecule has 0 saturated heterocycles. The van der Waals surface area contributed by atoms with E-state index in [0.29, 0.717) is 22.0 Å². The molecule has 5 nitrogen and oxygen atoms in total. The van der Waals surface area contributed by atoms with Gasteiger partial charge >= 0.3 is 0 Å². The average Bonchev–Trinajstić information content (AvgIpc) is 2.28. The number of nitrogens with zero attached hydrogens (tertiary/aromatic N) is 3. The van der Waals surface area contributed by atoms with Crippen molar-refractivity contribution >= 4 is 16.6 Å². The largest absolute Gasteiger partial charge is 0.291 e. The van der Waals surface area contributed by atoms with Crippen LogP contribution in [-0.4, -0.2) is 9.91 Å². The molecule has 0 aliphatic rings. The normalized spacial score (nSPS) is 10.0. The molecule has 0 amide bonds. The van der Waals surface area contributed by atoms with Gasteiger partial charge in [0.2, 0.25) is 0 Å². The summed E-state index contributed by atoms with van der Waals surface area (Å²) in [7, 11) is 0. The van der Waals surface area contributed by atoms with Crippen LogP contribution in [0.15, 0.2) is 24.4 Å². The van der Waals surface area contributed by atoms with Crippen LogP contribution in [0.1, 0.15) is 11.1 Å². The zero-order valence-corrected chi connectivity index (χ0v) is 8.47. The molecule has 1 aromatic heterocycles. The van der Waals surface area contributed by atoms with Crippen LogP contribution in [0.25, 0.3) is 10.9 Å². The van der Waals surface area contributed by atoms with Gasteiger partial charge < -0.3 is 0 Å². The van der Waals surface area contributed by atoms with Crippen LogP contribution in [-0.2, 0) is 0 Å². The van der Waals surface area contributed by atoms with Crippen molar-refractivity contribution in [2.24, 2.45) is 0 Å². The molecule has 78 valence electrons. The third kappa shape index (κ3) is 1.46. The highest BCUT2D eigenvalue weighted by atomic mass is 16.6. The van der Waals surface area contributed by atoms with Gasteiger partial charge in [-0.2, -0.15) is 5.26 Å². The maximum atomic E-state index is 10.7. The first kappa shape index (κ1) is 10.1. The van der Waals surface area contributed by atoms with Crippen LogP contribution < -0.4 is 0 Å². The Kier molecular flexibility index (Phi) is 2.25. The summed E-state index contributed by atoms with van der Waals surface area (Å²) in [5.74, 6) is 0. The smallest absolute Gasteiger partial charge is 0.258 e. The highest BCUT2D eigenvalue weighted by Crippen LogP contribution is 2.25. The zero-order valence-electron chi connectivity index (χ0n) is 8.47. The zero-order chi connectivity index (χ0) is 11.7. The molecule has 2 rings (SSSR count). The summed E-state index contributed by atoms with van der Waals surface area (Å²) in [6.07, 6.45) is 1.24. The van der Waals surface area contributed by atoms with Crippen molar-refractivity contribution in [1.82, 2.24) is 4.98 Å². The molecular weight excluding hydrogens is 206 g/mol. The lowest BCUT2D eigenvalue weighted by Crippen LogP contribution is -1.94. The number of rotatable bonds is 1. The maximum Gasteiger partial charge on any atom is 0.291 e. The summed E-state index contributed by atoms with van der Waals surface area (Å²) < 4.78 is 0. The summed E-state index contributed by atoms with van der Waals surface area (Å²) in [6, 6.07) is 6.94. The van der Waals surface area contributed by atoms with Crippen molar-refractivity contribution < 1.29 is 4.92 Å². The third-order valence-electron chi connectivity index (χ3n) is 2.44. The van der Waals surface area contributed by atoms with Crippen molar-refractivity contribution in [2.75, 3.05) is 0 Å². The van der Waals surface area contributed by atoms with Gasteiger partial charge in [-0.3, -0.25) is 10.1 Å². The second-order valence-electron chi connectivity index (χ2n) is 3.37. The van der Waals surface area contributed by atoms with Gasteiger partial charge in [0.15, 0.2) is 0 Å². The van der Waals surface area contributed by atoms with Crippen molar-refractivity contribution in [2.45, 2.75) is 6.92 Å². The van der Waals surface area contributed by atoms with Gasteiger partial charge in [-0.15, -0.1) is 0 Å². The SMILES string of the molecule is Cc1c([N+](=O)[O-])cnc2ccc(C#N)cc12. The lowest BCUT2D eigenvalue weighted by molar-refractivity contribution is -0.385. The van der Waals surface area contributed by atoms with Gasteiger partial charge in [0.1, 0.15) is 6.20 Å². The monoisotopic (exact) mass is 213 g/mol. The first-order chi connectivity index (χ1) is 7.63. The molecule has 1 heterocycles. The molecule has 0 N–H and O–H groups in total. The Morgan fingerprint density at radius 2 is 2.25 bits per heavy atom. The standard InChI is InChI=1S/C11H7N3O2/c1-7-9-4-8(5-12)2-3-10(9)13-6-11(7)14(15)16/h2-4,6H,1H3. The number of hydrogen-bond acceptors (Lipinski definition) is 4. The predicted molar refractivity (Wildman–Crippen MR) is 57.8 cm³/mol. The molecule has 0 aliphatic heterocycles. The minimum absolute atomic E-state index is 0.0254. The molecule has 5 heteroatoms. The van der Waals surface area contributed by atoms with Crippen LogP contribution >= 0.6 is 0 Å². The number of nitro groups is 1. The molecule has 0 spiro atoms. The van der Waals surface area contributed by atoms with Gasteiger partial charge in [-0.05, 0) is 25.1 Å². The summed E-state index contributed by atoms with van der Waals surface area (Å²) in [6.45, 7) is 1.66. The number of fused-ring (bicyclic) bond motifs is 1. The quantitative estimate of drug-likeness (QED) is 0.537. The van der Waals surface area contributed by atoms with Crippen LogP contribution in [0.5, 0.6) is 0 Å². The molecule has 0 unspecified atom stereocenters. The second-order valence-corrected chi connectivity index (χ2v) is 3.37. The van der Waals surface area contributed by atoms with Crippen molar-refractivity contribution in [1.29, 1.82) is 5.26 Å². The van der Waals surface area contributed by atoms with Gasteiger partial charge in [-0.25, -0.2) is 4.98 Å². The minimum Gasteiger partial charge on any atom is -0.258 e. The Hall–Kier alpha value is -2.48. The lowest BCUT2D eigenvalue weighted by Gasteiger charge is -2.02. The van der Waals surface area contributed by atoms with Crippen molar-refractivity contribution in [3.8, 4) is 6.07 Å². The fourth-order valence-corrected chi connectivity index (χ4v) is 1.57. The molecule has 0 atom stereocenters. The van der Waals surface area contributed by atoms with Gasteiger partial charge in [0, 0.05) is 10.9 Å². The Morgan fingerprint density at radius 3 is 2.88 bits per heavy atom. The molecule has 2 aromatic rings. The van der Waals surface area contributed by atoms with Gasteiger partial charge in [-0.1, -0.05) is 0 Å². The van der Waals surface area contributed by atoms with E-state index < -0.39 is 4.92 Å². The Balaban J connectivity index is 2.82. The fraction of sp³-hybridized carbons (Fsp3) is 0.0909. The Labute approximate surface area is 91.1 Å². The number of nitriles is 1. The Morgan fingerprint density at radius 1 is 1.50 bits per heavy atom. The van der Waals surface area contributed by atoms with E-state index in [4.69, 9.17) is 5.26 Å². The van der Waals surface area contributed by atoms with Crippen molar-refractivity contribution in [3.05, 3.63) is 45.6 Å². The van der Waals surface area contributed by atoms with Crippen LogP contribution in [0.4, 0.5) is 5.69 Å². The highest BCUT2D eigenvalue weighted by Gasteiger charge is 2.14. The first-order valence-electron chi connectivity index (χ1n) is 4.57. The number of pyridine rings is 1. The van der Waals surface area contributed by atoms with E-state index in [2.05, 4.69) is 4.98 Å². The van der Waals surface area contributed by atoms with Crippen molar-refractivity contribution in [3.63, 3.8) is 0 Å². The number of aromatic nitrogens is 1. The van der Waals surface area contributed by atoms with Gasteiger partial charge in [0.25, 0.3) is 5.69 Å². The van der Waals surface area contributed by atoms with E-state index in [-0.39, 0.29) is 5.69 Å². The van der Waals surface area contributed by atoms with E-state index in [1.165, 1.54) is 6.20 Å². The van der Waals surface area contributed by atoms with Crippen LogP contribution in [0, 0.1) is 28.4 Å². The van der Waals surface area contributed by atoms with Gasteiger partial charge in [0.05, 0.1) is 22.1 Å². The molecule has 0 radical (unpaired) electrons. The molecule has 0 saturated carbocycles. The van der Waals surface area contributed by atoms with E-state index in [1.54, 1.807) is 25.1 Å². The lowest BCUT2D eigenvalue weighted by atomic mass is 10.1. The summed E-state index contributed by atoms with van der Waals surface area (Å²) in [5.41, 5.74) is 1.63. The average molecular weight is 213 g/mol. The molecule has 0 aliphatic carbocycles. The maximum absolute atomic E-state index is 10.7. The molecule has 0 fully saturated rings. The molecule has 1 aromatic carbocycles. The van der Waals surface area contributed by atoms with E-state index in [0.717, 1.165) is 0 Å². The predicted octanol–water partition coefficient (Wildman–Crippen LogP) is 2.32. The summed E-state index contributed by atoms with van der Waals surface area (Å²) in [4.78, 5) is 14.2. The van der Waals surface area contributed by atoms with E-state index >= 15 is 0 Å². The fourth-order valence-electron chi connectivity index (χ4n) is 1.57. The molecule has 0 bridgehead atoms. The molecule has 16 heavy (non-hydrogen) atoms. The minimum atomic E-state index is -0.471.